The van der Waals surface area contributed by atoms with Crippen molar-refractivity contribution in [3.05, 3.63) is 58.1 Å². The quantitative estimate of drug-likeness (QED) is 0.359. The Morgan fingerprint density at radius 2 is 1.85 bits per heavy atom. The molecule has 6 N–H and O–H groups in total. The monoisotopic (exact) mass is 536 g/mol. The van der Waals surface area contributed by atoms with Gasteiger partial charge in [-0.2, -0.15) is 0 Å². The van der Waals surface area contributed by atoms with Crippen LogP contribution in [0.15, 0.2) is 45.6 Å². The van der Waals surface area contributed by atoms with Crippen molar-refractivity contribution >= 4 is 23.2 Å². The number of furan rings is 1. The second-order valence-electron chi connectivity index (χ2n) is 11.3. The first-order chi connectivity index (χ1) is 18.3. The molecule has 10 heteroatoms. The number of nitrogens with two attached hydrogens (primary N) is 1. The number of likely N-dealkylation sites (N-methyl/N-ethyl adjacent to an activating group) is 1. The van der Waals surface area contributed by atoms with Crippen molar-refractivity contribution in [2.45, 2.75) is 44.8 Å². The van der Waals surface area contributed by atoms with E-state index < -0.39 is 58.0 Å². The lowest BCUT2D eigenvalue weighted by Gasteiger charge is -2.50. The van der Waals surface area contributed by atoms with Gasteiger partial charge in [0.15, 0.2) is 11.4 Å². The van der Waals surface area contributed by atoms with Gasteiger partial charge in [-0.05, 0) is 68.6 Å². The molecular weight excluding hydrogens is 504 g/mol. The molecule has 4 atom stereocenters. The summed E-state index contributed by atoms with van der Waals surface area (Å²) >= 11 is 0. The van der Waals surface area contributed by atoms with E-state index in [1.807, 2.05) is 12.1 Å². The third-order valence-corrected chi connectivity index (χ3v) is 8.14. The van der Waals surface area contributed by atoms with Gasteiger partial charge in [-0.25, -0.2) is 0 Å². The molecule has 1 amide bonds. The SMILES string of the molecule is CC(C)Cc1ccc(-c2ccc(O)c3c2C[C@@H]2C[C@@H]4C(N(C)C)C(=O)C(C(N)=O)=C(O)[C@]4(O)C(=O)C2=C3O)o1. The maximum atomic E-state index is 13.9. The number of fused-ring (bicyclic) bond motifs is 3. The third-order valence-electron chi connectivity index (χ3n) is 8.14. The summed E-state index contributed by atoms with van der Waals surface area (Å²) in [5, 5.41) is 44.7. The Bertz CT molecular complexity index is 1480. The van der Waals surface area contributed by atoms with Crippen LogP contribution in [0.4, 0.5) is 0 Å². The fourth-order valence-corrected chi connectivity index (χ4v) is 6.51. The second kappa shape index (κ2) is 9.10. The van der Waals surface area contributed by atoms with Crippen molar-refractivity contribution in [1.82, 2.24) is 4.90 Å². The topological polar surface area (TPSA) is 175 Å². The van der Waals surface area contributed by atoms with Gasteiger partial charge in [0.1, 0.15) is 34.4 Å². The van der Waals surface area contributed by atoms with E-state index in [2.05, 4.69) is 13.8 Å². The summed E-state index contributed by atoms with van der Waals surface area (Å²) in [6.07, 6.45) is 0.952. The molecule has 1 saturated carbocycles. The van der Waals surface area contributed by atoms with Crippen LogP contribution in [-0.4, -0.2) is 68.5 Å². The van der Waals surface area contributed by atoms with Crippen molar-refractivity contribution in [1.29, 1.82) is 0 Å². The molecule has 5 rings (SSSR count). The predicted octanol–water partition coefficient (Wildman–Crippen LogP) is 2.42. The fourth-order valence-electron chi connectivity index (χ4n) is 6.51. The molecule has 3 aliphatic carbocycles. The molecule has 1 aromatic carbocycles. The number of ketones is 2. The number of Topliss-reactive ketones (excluding diaryl/α,β-unsaturated/α-hetero) is 2. The molecule has 0 saturated heterocycles. The molecule has 1 heterocycles. The van der Waals surface area contributed by atoms with Crippen molar-refractivity contribution in [2.24, 2.45) is 23.5 Å². The highest BCUT2D eigenvalue weighted by molar-refractivity contribution is 6.24. The molecule has 206 valence electrons. The number of aliphatic hydroxyl groups is 3. The average molecular weight is 537 g/mol. The van der Waals surface area contributed by atoms with E-state index in [0.717, 1.165) is 12.2 Å². The highest BCUT2D eigenvalue weighted by Crippen LogP contribution is 2.53. The summed E-state index contributed by atoms with van der Waals surface area (Å²) < 4.78 is 6.07. The molecule has 3 aliphatic rings. The van der Waals surface area contributed by atoms with E-state index in [0.29, 0.717) is 22.8 Å². The first kappa shape index (κ1) is 26.7. The van der Waals surface area contributed by atoms with Crippen molar-refractivity contribution in [3.63, 3.8) is 0 Å². The number of phenolic OH excluding ortho intramolecular Hbond substituents is 1. The normalized spacial score (nSPS) is 26.7. The van der Waals surface area contributed by atoms with Gasteiger partial charge in [0, 0.05) is 23.5 Å². The Labute approximate surface area is 225 Å². The van der Waals surface area contributed by atoms with E-state index in [1.54, 1.807) is 20.2 Å². The van der Waals surface area contributed by atoms with E-state index in [9.17, 15) is 34.8 Å². The summed E-state index contributed by atoms with van der Waals surface area (Å²) in [7, 11) is 3.13. The number of rotatable bonds is 5. The lowest BCUT2D eigenvalue weighted by molar-refractivity contribution is -0.153. The van der Waals surface area contributed by atoms with Gasteiger partial charge in [0.05, 0.1) is 11.6 Å². The molecule has 2 aromatic rings. The van der Waals surface area contributed by atoms with Gasteiger partial charge in [0.25, 0.3) is 5.91 Å². The maximum Gasteiger partial charge on any atom is 0.255 e. The molecule has 1 aromatic heterocycles. The summed E-state index contributed by atoms with van der Waals surface area (Å²) in [5.74, 6) is -5.06. The first-order valence-corrected chi connectivity index (χ1v) is 12.9. The van der Waals surface area contributed by atoms with E-state index in [1.165, 1.54) is 11.0 Å². The number of phenols is 1. The largest absolute Gasteiger partial charge is 0.508 e. The number of aliphatic hydroxyl groups excluding tert-OH is 2. The molecule has 10 nitrogen and oxygen atoms in total. The summed E-state index contributed by atoms with van der Waals surface area (Å²) in [6, 6.07) is 5.65. The van der Waals surface area contributed by atoms with Crippen LogP contribution in [-0.2, 0) is 27.2 Å². The standard InChI is InChI=1S/C29H32N2O8/c1-12(2)9-14-5-8-19(39-14)15-6-7-18(32)21-16(15)10-13-11-17-23(31(3)4)25(34)22(28(30)37)27(36)29(17,38)26(35)20(13)24(21)33/h5-8,12-13,17,23,32-33,36,38H,9-11H2,1-4H3,(H2,30,37)/t13-,17-,23?,29-/m1/s1. The fraction of sp³-hybridized carbons (Fsp3) is 0.414. The highest BCUT2D eigenvalue weighted by atomic mass is 16.4. The van der Waals surface area contributed by atoms with Crippen molar-refractivity contribution in [3.8, 4) is 17.1 Å². The van der Waals surface area contributed by atoms with Crippen molar-refractivity contribution < 1.29 is 39.2 Å². The number of aromatic hydroxyl groups is 1. The molecule has 0 radical (unpaired) electrons. The average Bonchev–Trinajstić information content (AvgIpc) is 3.28. The van der Waals surface area contributed by atoms with Crippen LogP contribution in [0.25, 0.3) is 17.1 Å². The molecule has 0 bridgehead atoms. The number of amides is 1. The summed E-state index contributed by atoms with van der Waals surface area (Å²) in [6.45, 7) is 4.15. The number of hydrogen-bond acceptors (Lipinski definition) is 9. The second-order valence-corrected chi connectivity index (χ2v) is 11.3. The van der Waals surface area contributed by atoms with Gasteiger partial charge in [0.2, 0.25) is 5.78 Å². The first-order valence-electron chi connectivity index (χ1n) is 12.9. The lowest BCUT2D eigenvalue weighted by Crippen LogP contribution is -2.65. The lowest BCUT2D eigenvalue weighted by atomic mass is 9.57. The van der Waals surface area contributed by atoms with Gasteiger partial charge in [-0.1, -0.05) is 13.8 Å². The molecular formula is C29H32N2O8. The molecule has 39 heavy (non-hydrogen) atoms. The van der Waals surface area contributed by atoms with Gasteiger partial charge >= 0.3 is 0 Å². The number of carbonyl (C=O) groups excluding carboxylic acids is 3. The number of primary amides is 1. The Morgan fingerprint density at radius 3 is 2.46 bits per heavy atom. The zero-order valence-corrected chi connectivity index (χ0v) is 22.2. The Balaban J connectivity index is 1.69. The molecule has 1 fully saturated rings. The molecule has 0 spiro atoms. The summed E-state index contributed by atoms with van der Waals surface area (Å²) in [4.78, 5) is 40.7. The smallest absolute Gasteiger partial charge is 0.255 e. The number of nitrogens with zero attached hydrogens (tertiary/aromatic N) is 1. The van der Waals surface area contributed by atoms with Crippen LogP contribution in [0.1, 0.15) is 37.2 Å². The van der Waals surface area contributed by atoms with Gasteiger partial charge < -0.3 is 30.6 Å². The molecule has 1 unspecified atom stereocenters. The summed E-state index contributed by atoms with van der Waals surface area (Å²) in [5.41, 5.74) is 2.91. The van der Waals surface area contributed by atoms with Crippen LogP contribution in [0.3, 0.4) is 0 Å². The van der Waals surface area contributed by atoms with Crippen LogP contribution >= 0.6 is 0 Å². The van der Waals surface area contributed by atoms with E-state index in [4.69, 9.17) is 10.2 Å². The number of hydrogen-bond donors (Lipinski definition) is 5. The number of benzene rings is 1. The minimum absolute atomic E-state index is 0.0254. The van der Waals surface area contributed by atoms with Crippen molar-refractivity contribution in [2.75, 3.05) is 14.1 Å². The van der Waals surface area contributed by atoms with E-state index >= 15 is 0 Å². The highest BCUT2D eigenvalue weighted by Gasteiger charge is 2.64. The zero-order chi connectivity index (χ0) is 28.5. The Hall–Kier alpha value is -3.89. The van der Waals surface area contributed by atoms with Crippen LogP contribution < -0.4 is 5.73 Å². The van der Waals surface area contributed by atoms with Gasteiger partial charge in [-0.3, -0.25) is 19.3 Å². The minimum Gasteiger partial charge on any atom is -0.508 e. The maximum absolute atomic E-state index is 13.9. The minimum atomic E-state index is -2.66. The third kappa shape index (κ3) is 3.81. The molecule has 0 aliphatic heterocycles. The van der Waals surface area contributed by atoms with Gasteiger partial charge in [-0.15, -0.1) is 0 Å². The zero-order valence-electron chi connectivity index (χ0n) is 22.2. The van der Waals surface area contributed by atoms with Crippen LogP contribution in [0.5, 0.6) is 5.75 Å². The van der Waals surface area contributed by atoms with E-state index in [-0.39, 0.29) is 29.7 Å². The van der Waals surface area contributed by atoms with Crippen LogP contribution in [0.2, 0.25) is 0 Å². The number of carbonyl (C=O) groups is 3. The Morgan fingerprint density at radius 1 is 1.15 bits per heavy atom. The van der Waals surface area contributed by atoms with Crippen LogP contribution in [0, 0.1) is 17.8 Å². The predicted molar refractivity (Wildman–Crippen MR) is 140 cm³/mol. The Kier molecular flexibility index (Phi) is 6.23.